The molecule has 0 amide bonds. The van der Waals surface area contributed by atoms with Gasteiger partial charge in [-0.1, -0.05) is 24.3 Å². The number of carbonyl (C=O) groups excluding carboxylic acids is 1. The fourth-order valence-electron chi connectivity index (χ4n) is 1.42. The Hall–Kier alpha value is -1.25. The highest BCUT2D eigenvalue weighted by molar-refractivity contribution is 5.78. The number of carbonyl (C=O) groups is 1. The Bertz CT molecular complexity index is 336. The number of halogens is 2. The summed E-state index contributed by atoms with van der Waals surface area (Å²) in [6.07, 6.45) is 0.107. The van der Waals surface area contributed by atoms with Gasteiger partial charge in [0.15, 0.2) is 0 Å². The number of ketones is 1. The monoisotopic (exact) mass is 212 g/mol. The zero-order valence-electron chi connectivity index (χ0n) is 8.89. The first kappa shape index (κ1) is 11.8. The van der Waals surface area contributed by atoms with E-state index in [9.17, 15) is 13.6 Å². The summed E-state index contributed by atoms with van der Waals surface area (Å²) in [6, 6.07) is 6.75. The van der Waals surface area contributed by atoms with Crippen LogP contribution in [0.15, 0.2) is 24.3 Å². The Kier molecular flexibility index (Phi) is 3.56. The van der Waals surface area contributed by atoms with Gasteiger partial charge in [0.1, 0.15) is 5.78 Å². The van der Waals surface area contributed by atoms with Crippen LogP contribution in [0.5, 0.6) is 0 Å². The van der Waals surface area contributed by atoms with Crippen molar-refractivity contribution in [3.05, 3.63) is 35.4 Å². The van der Waals surface area contributed by atoms with Crippen LogP contribution >= 0.6 is 0 Å². The Morgan fingerprint density at radius 2 is 1.67 bits per heavy atom. The third kappa shape index (κ3) is 4.68. The number of alkyl halides is 2. The van der Waals surface area contributed by atoms with E-state index in [0.29, 0.717) is 12.0 Å². The third-order valence-corrected chi connectivity index (χ3v) is 1.99. The molecule has 1 aromatic rings. The molecule has 0 spiro atoms. The van der Waals surface area contributed by atoms with Crippen LogP contribution in [-0.2, 0) is 17.6 Å². The Labute approximate surface area is 88.1 Å². The van der Waals surface area contributed by atoms with Crippen LogP contribution in [0.1, 0.15) is 25.0 Å². The van der Waals surface area contributed by atoms with Crippen molar-refractivity contribution in [1.29, 1.82) is 0 Å². The molecule has 0 aliphatic heterocycles. The van der Waals surface area contributed by atoms with Crippen molar-refractivity contribution in [2.45, 2.75) is 32.6 Å². The van der Waals surface area contributed by atoms with E-state index < -0.39 is 5.92 Å². The van der Waals surface area contributed by atoms with E-state index in [4.69, 9.17) is 0 Å². The quantitative estimate of drug-likeness (QED) is 0.749. The molecule has 15 heavy (non-hydrogen) atoms. The highest BCUT2D eigenvalue weighted by atomic mass is 19.3. The van der Waals surface area contributed by atoms with Crippen molar-refractivity contribution in [2.24, 2.45) is 0 Å². The van der Waals surface area contributed by atoms with Crippen molar-refractivity contribution < 1.29 is 13.6 Å². The lowest BCUT2D eigenvalue weighted by Crippen LogP contribution is -2.13. The molecule has 1 aromatic carbocycles. The van der Waals surface area contributed by atoms with Crippen molar-refractivity contribution in [2.75, 3.05) is 0 Å². The highest BCUT2D eigenvalue weighted by Gasteiger charge is 2.21. The predicted molar refractivity (Wildman–Crippen MR) is 55.2 cm³/mol. The van der Waals surface area contributed by atoms with Crippen LogP contribution in [0, 0.1) is 0 Å². The van der Waals surface area contributed by atoms with E-state index in [-0.39, 0.29) is 12.2 Å². The van der Waals surface area contributed by atoms with Crippen LogP contribution in [0.4, 0.5) is 8.78 Å². The fraction of sp³-hybridized carbons (Fsp3) is 0.417. The van der Waals surface area contributed by atoms with Gasteiger partial charge in [-0.15, -0.1) is 0 Å². The summed E-state index contributed by atoms with van der Waals surface area (Å²) in [6.45, 7) is 2.41. The topological polar surface area (TPSA) is 17.1 Å². The molecular weight excluding hydrogens is 198 g/mol. The second-order valence-corrected chi connectivity index (χ2v) is 3.94. The zero-order valence-corrected chi connectivity index (χ0v) is 8.89. The predicted octanol–water partition coefficient (Wildman–Crippen LogP) is 3.02. The SMILES string of the molecule is CC(=O)Cc1ccc(CC(C)(F)F)cc1. The molecule has 1 rings (SSSR count). The number of benzene rings is 1. The molecule has 0 saturated heterocycles. The van der Waals surface area contributed by atoms with Crippen molar-refractivity contribution in [3.8, 4) is 0 Å². The molecule has 0 aliphatic carbocycles. The van der Waals surface area contributed by atoms with Crippen molar-refractivity contribution in [1.82, 2.24) is 0 Å². The maximum atomic E-state index is 12.7. The summed E-state index contributed by atoms with van der Waals surface area (Å²) in [4.78, 5) is 10.8. The van der Waals surface area contributed by atoms with Gasteiger partial charge < -0.3 is 0 Å². The molecule has 0 heterocycles. The van der Waals surface area contributed by atoms with E-state index in [0.717, 1.165) is 12.5 Å². The van der Waals surface area contributed by atoms with Crippen molar-refractivity contribution in [3.63, 3.8) is 0 Å². The normalized spacial score (nSPS) is 11.5. The Morgan fingerprint density at radius 3 is 2.07 bits per heavy atom. The summed E-state index contributed by atoms with van der Waals surface area (Å²) in [5.74, 6) is -2.61. The second kappa shape index (κ2) is 4.51. The van der Waals surface area contributed by atoms with Crippen LogP contribution < -0.4 is 0 Å². The first-order valence-corrected chi connectivity index (χ1v) is 4.82. The summed E-state index contributed by atoms with van der Waals surface area (Å²) in [5, 5.41) is 0. The Balaban J connectivity index is 2.68. The summed E-state index contributed by atoms with van der Waals surface area (Å²) in [5.41, 5.74) is 1.46. The minimum atomic E-state index is -2.68. The van der Waals surface area contributed by atoms with Gasteiger partial charge in [0.05, 0.1) is 0 Å². The lowest BCUT2D eigenvalue weighted by atomic mass is 10.0. The molecular formula is C12H14F2O. The summed E-state index contributed by atoms with van der Waals surface area (Å²) >= 11 is 0. The molecule has 0 radical (unpaired) electrons. The molecule has 0 saturated carbocycles. The van der Waals surface area contributed by atoms with Crippen LogP contribution in [-0.4, -0.2) is 11.7 Å². The molecule has 0 atom stereocenters. The van der Waals surface area contributed by atoms with Crippen molar-refractivity contribution >= 4 is 5.78 Å². The molecule has 0 unspecified atom stereocenters. The van der Waals surface area contributed by atoms with Crippen LogP contribution in [0.3, 0.4) is 0 Å². The first-order chi connectivity index (χ1) is 6.87. The van der Waals surface area contributed by atoms with Gasteiger partial charge in [0, 0.05) is 12.8 Å². The van der Waals surface area contributed by atoms with Gasteiger partial charge in [0.2, 0.25) is 5.92 Å². The van der Waals surface area contributed by atoms with Gasteiger partial charge in [-0.2, -0.15) is 0 Å². The minimum absolute atomic E-state index is 0.0728. The molecule has 82 valence electrons. The lowest BCUT2D eigenvalue weighted by Gasteiger charge is -2.10. The minimum Gasteiger partial charge on any atom is -0.300 e. The van der Waals surface area contributed by atoms with E-state index in [1.54, 1.807) is 24.3 Å². The summed E-state index contributed by atoms with van der Waals surface area (Å²) < 4.78 is 25.3. The molecule has 0 N–H and O–H groups in total. The van der Waals surface area contributed by atoms with Gasteiger partial charge in [-0.3, -0.25) is 4.79 Å². The maximum absolute atomic E-state index is 12.7. The van der Waals surface area contributed by atoms with Gasteiger partial charge >= 0.3 is 0 Å². The zero-order chi connectivity index (χ0) is 11.5. The molecule has 0 aromatic heterocycles. The van der Waals surface area contributed by atoms with Crippen LogP contribution in [0.2, 0.25) is 0 Å². The number of rotatable bonds is 4. The van der Waals surface area contributed by atoms with Gasteiger partial charge in [-0.05, 0) is 25.0 Å². The number of hydrogen-bond acceptors (Lipinski definition) is 1. The molecule has 1 nitrogen and oxygen atoms in total. The van der Waals surface area contributed by atoms with Gasteiger partial charge in [0.25, 0.3) is 0 Å². The number of hydrogen-bond donors (Lipinski definition) is 0. The van der Waals surface area contributed by atoms with Gasteiger partial charge in [-0.25, -0.2) is 8.78 Å². The average molecular weight is 212 g/mol. The summed E-state index contributed by atoms with van der Waals surface area (Å²) in [7, 11) is 0. The smallest absolute Gasteiger partial charge is 0.249 e. The van der Waals surface area contributed by atoms with E-state index in [1.807, 2.05) is 0 Å². The highest BCUT2D eigenvalue weighted by Crippen LogP contribution is 2.19. The first-order valence-electron chi connectivity index (χ1n) is 4.82. The van der Waals surface area contributed by atoms with E-state index >= 15 is 0 Å². The molecule has 0 aliphatic rings. The standard InChI is InChI=1S/C12H14F2O/c1-9(15)7-10-3-5-11(6-4-10)8-12(2,13)14/h3-6H,7-8H2,1-2H3. The van der Waals surface area contributed by atoms with Crippen LogP contribution in [0.25, 0.3) is 0 Å². The Morgan fingerprint density at radius 1 is 1.20 bits per heavy atom. The lowest BCUT2D eigenvalue weighted by molar-refractivity contribution is -0.116. The largest absolute Gasteiger partial charge is 0.300 e. The number of Topliss-reactive ketones (excluding diaryl/α,β-unsaturated/α-hetero) is 1. The fourth-order valence-corrected chi connectivity index (χ4v) is 1.42. The molecule has 0 bridgehead atoms. The second-order valence-electron chi connectivity index (χ2n) is 3.94. The third-order valence-electron chi connectivity index (χ3n) is 1.99. The average Bonchev–Trinajstić information content (AvgIpc) is 2.05. The van der Waals surface area contributed by atoms with E-state index in [2.05, 4.69) is 0 Å². The molecule has 0 fully saturated rings. The van der Waals surface area contributed by atoms with E-state index in [1.165, 1.54) is 6.92 Å². The maximum Gasteiger partial charge on any atom is 0.249 e. The molecule has 3 heteroatoms.